The normalized spacial score (nSPS) is 24.2. The topological polar surface area (TPSA) is 134 Å². The highest BCUT2D eigenvalue weighted by molar-refractivity contribution is 6.38. The number of hydrogen-bond acceptors (Lipinski definition) is 6. The molecule has 0 spiro atoms. The van der Waals surface area contributed by atoms with Crippen LogP contribution in [-0.2, 0) is 36.8 Å². The van der Waals surface area contributed by atoms with Crippen molar-refractivity contribution in [1.29, 1.82) is 0 Å². The van der Waals surface area contributed by atoms with Crippen LogP contribution in [-0.4, -0.2) is 72.3 Å². The third kappa shape index (κ3) is 6.59. The molecule has 3 fully saturated rings. The van der Waals surface area contributed by atoms with E-state index in [0.717, 1.165) is 24.0 Å². The first kappa shape index (κ1) is 31.5. The van der Waals surface area contributed by atoms with E-state index in [4.69, 9.17) is 4.74 Å². The molecule has 0 radical (unpaired) electrons. The van der Waals surface area contributed by atoms with Gasteiger partial charge in [0, 0.05) is 13.1 Å². The van der Waals surface area contributed by atoms with Crippen LogP contribution in [0.4, 0.5) is 4.79 Å². The van der Waals surface area contributed by atoms with E-state index < -0.39 is 41.8 Å². The first-order valence-corrected chi connectivity index (χ1v) is 15.7. The minimum absolute atomic E-state index is 0.101. The Labute approximate surface area is 259 Å². The fraction of sp³-hybridized carbons (Fsp3) is 0.559. The van der Waals surface area contributed by atoms with Gasteiger partial charge in [0.25, 0.3) is 5.91 Å². The lowest BCUT2D eigenvalue weighted by molar-refractivity contribution is -0.144. The fourth-order valence-corrected chi connectivity index (χ4v) is 7.07. The summed E-state index contributed by atoms with van der Waals surface area (Å²) in [6, 6.07) is 5.22. The SMILES string of the molecule is C=CCCC(NC(=O)[C@@H]1C2C(CN1C(=O)[C@@H](NC(=O)OCC1CC1)C1Cc3ccccc3C1)C2(C)C)C(=O)C(=O)NCC=C. The molecule has 3 unspecified atom stereocenters. The van der Waals surface area contributed by atoms with Crippen LogP contribution in [0, 0.1) is 29.1 Å². The molecule has 5 rings (SSSR count). The molecule has 4 aliphatic rings. The van der Waals surface area contributed by atoms with Crippen molar-refractivity contribution in [2.45, 2.75) is 70.5 Å². The van der Waals surface area contributed by atoms with Gasteiger partial charge in [0.15, 0.2) is 0 Å². The van der Waals surface area contributed by atoms with Gasteiger partial charge in [-0.15, -0.1) is 13.2 Å². The fourth-order valence-electron chi connectivity index (χ4n) is 7.07. The smallest absolute Gasteiger partial charge is 0.407 e. The largest absolute Gasteiger partial charge is 0.449 e. The number of piperidine rings is 1. The van der Waals surface area contributed by atoms with Crippen LogP contribution in [0.2, 0.25) is 0 Å². The number of likely N-dealkylation sites (tertiary alicyclic amines) is 1. The summed E-state index contributed by atoms with van der Waals surface area (Å²) in [7, 11) is 0. The van der Waals surface area contributed by atoms with Gasteiger partial charge < -0.3 is 25.6 Å². The number of carbonyl (C=O) groups is 5. The quantitative estimate of drug-likeness (QED) is 0.221. The van der Waals surface area contributed by atoms with Crippen molar-refractivity contribution >= 4 is 29.6 Å². The molecule has 4 amide bonds. The number of fused-ring (bicyclic) bond motifs is 2. The monoisotopic (exact) mass is 604 g/mol. The Morgan fingerprint density at radius 3 is 2.34 bits per heavy atom. The summed E-state index contributed by atoms with van der Waals surface area (Å²) < 4.78 is 5.46. The number of ether oxygens (including phenoxy) is 1. The molecule has 0 aromatic heterocycles. The molecular weight excluding hydrogens is 560 g/mol. The zero-order valence-corrected chi connectivity index (χ0v) is 25.7. The Hall–Kier alpha value is -3.95. The number of amides is 4. The molecule has 1 aromatic rings. The predicted octanol–water partition coefficient (Wildman–Crippen LogP) is 2.71. The summed E-state index contributed by atoms with van der Waals surface area (Å²) in [4.78, 5) is 68.4. The third-order valence-corrected chi connectivity index (χ3v) is 9.92. The number of carbonyl (C=O) groups excluding carboxylic acids is 5. The van der Waals surface area contributed by atoms with E-state index >= 15 is 0 Å². The van der Waals surface area contributed by atoms with Gasteiger partial charge in [-0.25, -0.2) is 4.79 Å². The van der Waals surface area contributed by atoms with E-state index in [9.17, 15) is 24.0 Å². The zero-order valence-electron chi connectivity index (χ0n) is 25.7. The van der Waals surface area contributed by atoms with Crippen molar-refractivity contribution in [2.75, 3.05) is 19.7 Å². The van der Waals surface area contributed by atoms with E-state index in [1.165, 1.54) is 6.08 Å². The highest BCUT2D eigenvalue weighted by Crippen LogP contribution is 2.65. The highest BCUT2D eigenvalue weighted by Gasteiger charge is 2.69. The molecule has 3 aliphatic carbocycles. The van der Waals surface area contributed by atoms with Gasteiger partial charge in [0.1, 0.15) is 12.1 Å². The standard InChI is InChI=1S/C34H44N4O6/c1-5-7-12-25(29(39)31(41)35-15-6-2)36-30(40)28-26-24(34(26,3)4)18-38(28)32(42)27(37-33(43)44-19-20-13-14-20)23-16-21-10-8-9-11-22(21)17-23/h5-6,8-11,20,23-28H,1-2,7,12-19H2,3-4H3,(H,35,41)(H,36,40)(H,37,43)/t24?,25?,26?,27-,28-/m0/s1. The molecule has 1 aromatic carbocycles. The molecule has 2 saturated carbocycles. The number of nitrogens with zero attached hydrogens (tertiary/aromatic N) is 1. The summed E-state index contributed by atoms with van der Waals surface area (Å²) in [6.07, 6.45) is 6.38. The van der Waals surface area contributed by atoms with Gasteiger partial charge in [0.2, 0.25) is 17.6 Å². The van der Waals surface area contributed by atoms with Gasteiger partial charge in [-0.3, -0.25) is 19.2 Å². The third-order valence-electron chi connectivity index (χ3n) is 9.92. The first-order valence-electron chi connectivity index (χ1n) is 15.7. The molecule has 3 N–H and O–H groups in total. The van der Waals surface area contributed by atoms with E-state index in [-0.39, 0.29) is 42.0 Å². The number of rotatable bonds is 14. The van der Waals surface area contributed by atoms with Crippen LogP contribution in [0.15, 0.2) is 49.6 Å². The van der Waals surface area contributed by atoms with Gasteiger partial charge >= 0.3 is 6.09 Å². The average molecular weight is 605 g/mol. The molecular formula is C34H44N4O6. The Balaban J connectivity index is 1.36. The summed E-state index contributed by atoms with van der Waals surface area (Å²) in [5, 5.41) is 8.16. The van der Waals surface area contributed by atoms with Crippen LogP contribution in [0.5, 0.6) is 0 Å². The molecule has 236 valence electrons. The first-order chi connectivity index (χ1) is 21.1. The van der Waals surface area contributed by atoms with Crippen molar-refractivity contribution in [3.63, 3.8) is 0 Å². The van der Waals surface area contributed by atoms with Crippen molar-refractivity contribution in [1.82, 2.24) is 20.9 Å². The number of ketones is 1. The minimum atomic E-state index is -1.07. The molecule has 1 heterocycles. The Morgan fingerprint density at radius 2 is 1.73 bits per heavy atom. The van der Waals surface area contributed by atoms with Gasteiger partial charge in [-0.1, -0.05) is 50.3 Å². The van der Waals surface area contributed by atoms with Crippen molar-refractivity contribution < 1.29 is 28.7 Å². The molecule has 1 aliphatic heterocycles. The van der Waals surface area contributed by atoms with Crippen LogP contribution >= 0.6 is 0 Å². The molecule has 44 heavy (non-hydrogen) atoms. The van der Waals surface area contributed by atoms with Crippen LogP contribution < -0.4 is 16.0 Å². The maximum absolute atomic E-state index is 14.4. The maximum atomic E-state index is 14.4. The number of allylic oxidation sites excluding steroid dienone is 1. The highest BCUT2D eigenvalue weighted by atomic mass is 16.5. The predicted molar refractivity (Wildman–Crippen MR) is 164 cm³/mol. The number of hydrogen-bond donors (Lipinski definition) is 3. The van der Waals surface area contributed by atoms with E-state index in [1.54, 1.807) is 11.0 Å². The summed E-state index contributed by atoms with van der Waals surface area (Å²) >= 11 is 0. The molecule has 0 bridgehead atoms. The van der Waals surface area contributed by atoms with Crippen LogP contribution in [0.3, 0.4) is 0 Å². The summed E-state index contributed by atoms with van der Waals surface area (Å²) in [6.45, 7) is 12.2. The Morgan fingerprint density at radius 1 is 1.05 bits per heavy atom. The lowest BCUT2D eigenvalue weighted by Gasteiger charge is -2.35. The van der Waals surface area contributed by atoms with E-state index in [0.29, 0.717) is 38.3 Å². The molecule has 5 atom stereocenters. The maximum Gasteiger partial charge on any atom is 0.407 e. The summed E-state index contributed by atoms with van der Waals surface area (Å²) in [5.41, 5.74) is 2.11. The number of nitrogens with one attached hydrogen (secondary N) is 3. The molecule has 10 heteroatoms. The zero-order chi connectivity index (χ0) is 31.6. The lowest BCUT2D eigenvalue weighted by atomic mass is 9.93. The summed E-state index contributed by atoms with van der Waals surface area (Å²) in [5.74, 6) is -2.20. The molecule has 10 nitrogen and oxygen atoms in total. The molecule has 1 saturated heterocycles. The number of Topliss-reactive ketones (excluding diaryl/α,β-unsaturated/α-hetero) is 1. The van der Waals surface area contributed by atoms with Crippen molar-refractivity contribution in [2.24, 2.45) is 29.1 Å². The Bertz CT molecular complexity index is 1310. The second kappa shape index (κ2) is 13.0. The average Bonchev–Trinajstić information content (AvgIpc) is 3.78. The van der Waals surface area contributed by atoms with Gasteiger partial charge in [-0.2, -0.15) is 0 Å². The Kier molecular flexibility index (Phi) is 9.27. The van der Waals surface area contributed by atoms with Gasteiger partial charge in [-0.05, 0) is 78.7 Å². The second-order valence-corrected chi connectivity index (χ2v) is 13.3. The minimum Gasteiger partial charge on any atom is -0.449 e. The van der Waals surface area contributed by atoms with Crippen molar-refractivity contribution in [3.05, 3.63) is 60.7 Å². The van der Waals surface area contributed by atoms with Crippen LogP contribution in [0.1, 0.15) is 50.7 Å². The second-order valence-electron chi connectivity index (χ2n) is 13.3. The number of benzene rings is 1. The van der Waals surface area contributed by atoms with Crippen LogP contribution in [0.25, 0.3) is 0 Å². The lowest BCUT2D eigenvalue weighted by Crippen LogP contribution is -2.59. The van der Waals surface area contributed by atoms with Gasteiger partial charge in [0.05, 0.1) is 12.6 Å². The van der Waals surface area contributed by atoms with E-state index in [2.05, 4.69) is 43.0 Å². The van der Waals surface area contributed by atoms with E-state index in [1.807, 2.05) is 24.3 Å². The van der Waals surface area contributed by atoms with Crippen molar-refractivity contribution in [3.8, 4) is 0 Å². The number of alkyl carbamates (subject to hydrolysis) is 1.